The largest absolute Gasteiger partial charge is 0.398 e. The number of oxime groups is 1. The number of anilines is 1. The Morgan fingerprint density at radius 2 is 2.33 bits per heavy atom. The van der Waals surface area contributed by atoms with E-state index < -0.39 is 0 Å². The molecule has 80 valence electrons. The molecule has 2 N–H and O–H groups in total. The van der Waals surface area contributed by atoms with Gasteiger partial charge in [0.2, 0.25) is 0 Å². The van der Waals surface area contributed by atoms with E-state index in [0.717, 1.165) is 34.3 Å². The maximum absolute atomic E-state index is 5.99. The average Bonchev–Trinajstić information content (AvgIpc) is 2.74. The molecule has 0 fully saturated rings. The Morgan fingerprint density at radius 3 is 2.93 bits per heavy atom. The molecule has 1 aromatic carbocycles. The standard InChI is InChI=1S/C11H13BrN2O/c1-2-7-8(12)3-4-9(13)11(7)10-5-6-15-14-10/h3-4H,2,5-6,13H2,1H3. The Labute approximate surface area is 97.4 Å². The van der Waals surface area contributed by atoms with E-state index in [4.69, 9.17) is 10.6 Å². The predicted molar refractivity (Wildman–Crippen MR) is 65.0 cm³/mol. The van der Waals surface area contributed by atoms with Crippen molar-refractivity contribution < 1.29 is 4.84 Å². The summed E-state index contributed by atoms with van der Waals surface area (Å²) in [6.07, 6.45) is 1.77. The maximum Gasteiger partial charge on any atom is 0.122 e. The number of nitrogens with zero attached hydrogens (tertiary/aromatic N) is 1. The maximum atomic E-state index is 5.99. The van der Waals surface area contributed by atoms with Gasteiger partial charge in [0, 0.05) is 22.1 Å². The highest BCUT2D eigenvalue weighted by Crippen LogP contribution is 2.28. The molecule has 0 spiro atoms. The van der Waals surface area contributed by atoms with Gasteiger partial charge in [0.1, 0.15) is 6.61 Å². The Hall–Kier alpha value is -1.03. The summed E-state index contributed by atoms with van der Waals surface area (Å²) in [4.78, 5) is 5.02. The lowest BCUT2D eigenvalue weighted by atomic mass is 9.98. The van der Waals surface area contributed by atoms with Crippen LogP contribution in [0.15, 0.2) is 21.8 Å². The van der Waals surface area contributed by atoms with Gasteiger partial charge in [-0.3, -0.25) is 0 Å². The second-order valence-electron chi connectivity index (χ2n) is 3.46. The molecule has 2 rings (SSSR count). The van der Waals surface area contributed by atoms with E-state index in [0.29, 0.717) is 6.61 Å². The molecule has 1 aliphatic rings. The fourth-order valence-electron chi connectivity index (χ4n) is 1.81. The topological polar surface area (TPSA) is 47.6 Å². The van der Waals surface area contributed by atoms with Gasteiger partial charge in [-0.05, 0) is 24.1 Å². The third-order valence-corrected chi connectivity index (χ3v) is 3.28. The highest BCUT2D eigenvalue weighted by atomic mass is 79.9. The molecule has 0 bridgehead atoms. The molecular formula is C11H13BrN2O. The third kappa shape index (κ3) is 1.86. The zero-order valence-corrected chi connectivity index (χ0v) is 10.2. The first kappa shape index (κ1) is 10.5. The van der Waals surface area contributed by atoms with Crippen LogP contribution in [0.1, 0.15) is 24.5 Å². The zero-order valence-electron chi connectivity index (χ0n) is 8.59. The van der Waals surface area contributed by atoms with Crippen LogP contribution in [0.3, 0.4) is 0 Å². The Morgan fingerprint density at radius 1 is 1.53 bits per heavy atom. The molecule has 15 heavy (non-hydrogen) atoms. The third-order valence-electron chi connectivity index (χ3n) is 2.53. The summed E-state index contributed by atoms with van der Waals surface area (Å²) in [5.41, 5.74) is 9.98. The number of hydrogen-bond donors (Lipinski definition) is 1. The Kier molecular flexibility index (Phi) is 2.95. The van der Waals surface area contributed by atoms with E-state index >= 15 is 0 Å². The van der Waals surface area contributed by atoms with Crippen molar-refractivity contribution in [3.05, 3.63) is 27.7 Å². The van der Waals surface area contributed by atoms with Gasteiger partial charge in [0.15, 0.2) is 0 Å². The summed E-state index contributed by atoms with van der Waals surface area (Å²) in [6, 6.07) is 3.88. The van der Waals surface area contributed by atoms with E-state index in [-0.39, 0.29) is 0 Å². The Bertz CT molecular complexity index is 415. The van der Waals surface area contributed by atoms with Crippen molar-refractivity contribution in [3.63, 3.8) is 0 Å². The van der Waals surface area contributed by atoms with Gasteiger partial charge >= 0.3 is 0 Å². The van der Waals surface area contributed by atoms with Gasteiger partial charge in [-0.25, -0.2) is 0 Å². The molecule has 1 aromatic rings. The lowest BCUT2D eigenvalue weighted by Gasteiger charge is -2.11. The molecule has 0 atom stereocenters. The molecule has 4 heteroatoms. The van der Waals surface area contributed by atoms with Crippen molar-refractivity contribution in [2.45, 2.75) is 19.8 Å². The highest BCUT2D eigenvalue weighted by molar-refractivity contribution is 9.10. The number of hydrogen-bond acceptors (Lipinski definition) is 3. The molecule has 0 amide bonds. The van der Waals surface area contributed by atoms with Crippen LogP contribution < -0.4 is 5.73 Å². The second kappa shape index (κ2) is 4.23. The molecule has 1 aliphatic heterocycles. The van der Waals surface area contributed by atoms with Gasteiger partial charge in [-0.15, -0.1) is 0 Å². The fourth-order valence-corrected chi connectivity index (χ4v) is 2.42. The molecule has 1 heterocycles. The van der Waals surface area contributed by atoms with Gasteiger partial charge in [-0.1, -0.05) is 28.0 Å². The minimum atomic E-state index is 0.657. The molecular weight excluding hydrogens is 256 g/mol. The van der Waals surface area contributed by atoms with Crippen LogP contribution in [0.4, 0.5) is 5.69 Å². The lowest BCUT2D eigenvalue weighted by Crippen LogP contribution is -2.07. The van der Waals surface area contributed by atoms with Crippen molar-refractivity contribution >= 4 is 27.3 Å². The van der Waals surface area contributed by atoms with E-state index in [1.165, 1.54) is 5.56 Å². The van der Waals surface area contributed by atoms with Crippen molar-refractivity contribution in [3.8, 4) is 0 Å². The van der Waals surface area contributed by atoms with Crippen LogP contribution >= 0.6 is 15.9 Å². The van der Waals surface area contributed by atoms with Crippen molar-refractivity contribution in [1.82, 2.24) is 0 Å². The first-order valence-corrected chi connectivity index (χ1v) is 5.79. The quantitative estimate of drug-likeness (QED) is 0.839. The van der Waals surface area contributed by atoms with E-state index in [1.807, 2.05) is 12.1 Å². The second-order valence-corrected chi connectivity index (χ2v) is 4.32. The minimum absolute atomic E-state index is 0.657. The number of halogens is 1. The van der Waals surface area contributed by atoms with Crippen molar-refractivity contribution in [2.24, 2.45) is 5.16 Å². The van der Waals surface area contributed by atoms with E-state index in [1.54, 1.807) is 0 Å². The molecule has 0 saturated carbocycles. The van der Waals surface area contributed by atoms with Crippen LogP contribution in [0.25, 0.3) is 0 Å². The molecule has 0 aromatic heterocycles. The minimum Gasteiger partial charge on any atom is -0.398 e. The molecule has 0 saturated heterocycles. The van der Waals surface area contributed by atoms with Crippen LogP contribution in [0.2, 0.25) is 0 Å². The van der Waals surface area contributed by atoms with Gasteiger partial charge in [0.25, 0.3) is 0 Å². The van der Waals surface area contributed by atoms with E-state index in [9.17, 15) is 0 Å². The summed E-state index contributed by atoms with van der Waals surface area (Å²) < 4.78 is 1.09. The molecule has 0 aliphatic carbocycles. The van der Waals surface area contributed by atoms with Crippen LogP contribution in [0, 0.1) is 0 Å². The van der Waals surface area contributed by atoms with Gasteiger partial charge < -0.3 is 10.6 Å². The summed E-state index contributed by atoms with van der Waals surface area (Å²) in [5.74, 6) is 0. The van der Waals surface area contributed by atoms with Crippen molar-refractivity contribution in [1.29, 1.82) is 0 Å². The monoisotopic (exact) mass is 268 g/mol. The normalized spacial score (nSPS) is 14.9. The first-order chi connectivity index (χ1) is 7.24. The van der Waals surface area contributed by atoms with E-state index in [2.05, 4.69) is 28.0 Å². The van der Waals surface area contributed by atoms with Crippen LogP contribution in [0.5, 0.6) is 0 Å². The first-order valence-electron chi connectivity index (χ1n) is 5.00. The lowest BCUT2D eigenvalue weighted by molar-refractivity contribution is 0.174. The van der Waals surface area contributed by atoms with Crippen molar-refractivity contribution in [2.75, 3.05) is 12.3 Å². The van der Waals surface area contributed by atoms with Gasteiger partial charge in [-0.2, -0.15) is 0 Å². The number of benzene rings is 1. The predicted octanol–water partition coefficient (Wildman–Crippen LogP) is 2.72. The molecule has 0 unspecified atom stereocenters. The van der Waals surface area contributed by atoms with Gasteiger partial charge in [0.05, 0.1) is 5.71 Å². The molecule has 0 radical (unpaired) electrons. The summed E-state index contributed by atoms with van der Waals surface area (Å²) in [5, 5.41) is 4.03. The highest BCUT2D eigenvalue weighted by Gasteiger charge is 2.18. The fraction of sp³-hybridized carbons (Fsp3) is 0.364. The summed E-state index contributed by atoms with van der Waals surface area (Å²) in [6.45, 7) is 2.77. The summed E-state index contributed by atoms with van der Waals surface area (Å²) in [7, 11) is 0. The average molecular weight is 269 g/mol. The Balaban J connectivity index is 2.56. The number of nitrogen functional groups attached to an aromatic ring is 1. The van der Waals surface area contributed by atoms with Crippen LogP contribution in [-0.2, 0) is 11.3 Å². The number of nitrogens with two attached hydrogens (primary N) is 1. The smallest absolute Gasteiger partial charge is 0.122 e. The number of rotatable bonds is 2. The zero-order chi connectivity index (χ0) is 10.8. The summed E-state index contributed by atoms with van der Waals surface area (Å²) >= 11 is 3.54. The van der Waals surface area contributed by atoms with Crippen LogP contribution in [-0.4, -0.2) is 12.3 Å². The molecule has 3 nitrogen and oxygen atoms in total. The SMILES string of the molecule is CCc1c(Br)ccc(N)c1C1=NOCC1.